The predicted molar refractivity (Wildman–Crippen MR) is 86.3 cm³/mol. The van der Waals surface area contributed by atoms with Gasteiger partial charge >= 0.3 is 5.69 Å². The van der Waals surface area contributed by atoms with Crippen molar-refractivity contribution in [1.82, 2.24) is 9.13 Å². The molecule has 114 valence electrons. The van der Waals surface area contributed by atoms with Gasteiger partial charge in [0.1, 0.15) is 16.7 Å². The Morgan fingerprint density at radius 1 is 1.09 bits per heavy atom. The first-order valence-corrected chi connectivity index (χ1v) is 7.66. The molecule has 22 heavy (non-hydrogen) atoms. The van der Waals surface area contributed by atoms with Gasteiger partial charge in [-0.3, -0.25) is 13.9 Å². The lowest BCUT2D eigenvalue weighted by Gasteiger charge is -2.11. The summed E-state index contributed by atoms with van der Waals surface area (Å²) in [7, 11) is 2.94. The van der Waals surface area contributed by atoms with Crippen LogP contribution in [0.2, 0.25) is 0 Å². The van der Waals surface area contributed by atoms with E-state index in [1.165, 1.54) is 28.9 Å². The van der Waals surface area contributed by atoms with E-state index in [0.717, 1.165) is 9.46 Å². The van der Waals surface area contributed by atoms with Gasteiger partial charge in [0.05, 0.1) is 0 Å². The maximum Gasteiger partial charge on any atom is 0.331 e. The molecule has 0 radical (unpaired) electrons. The van der Waals surface area contributed by atoms with Crippen LogP contribution < -0.4 is 11.2 Å². The zero-order valence-corrected chi connectivity index (χ0v) is 13.8. The van der Waals surface area contributed by atoms with Crippen LogP contribution in [0.5, 0.6) is 0 Å². The minimum absolute atomic E-state index is 0.0115. The van der Waals surface area contributed by atoms with Crippen LogP contribution in [0.15, 0.2) is 43.8 Å². The lowest BCUT2D eigenvalue weighted by molar-refractivity contribution is 0.631. The van der Waals surface area contributed by atoms with Crippen molar-refractivity contribution in [1.29, 1.82) is 5.26 Å². The van der Waals surface area contributed by atoms with E-state index in [4.69, 9.17) is 0 Å². The first-order valence-electron chi connectivity index (χ1n) is 6.84. The number of rotatable bonds is 3. The van der Waals surface area contributed by atoms with E-state index in [2.05, 4.69) is 13.8 Å². The van der Waals surface area contributed by atoms with E-state index in [0.29, 0.717) is 10.9 Å². The second kappa shape index (κ2) is 6.24. The number of hydrogen-bond acceptors (Lipinski definition) is 4. The fourth-order valence-electron chi connectivity index (χ4n) is 2.07. The molecule has 0 fully saturated rings. The molecule has 0 N–H and O–H groups in total. The molecular weight excluding hydrogens is 298 g/mol. The minimum Gasteiger partial charge on any atom is -0.290 e. The Morgan fingerprint density at radius 2 is 1.68 bits per heavy atom. The van der Waals surface area contributed by atoms with Crippen LogP contribution in [0.3, 0.4) is 0 Å². The fourth-order valence-corrected chi connectivity index (χ4v) is 3.02. The van der Waals surface area contributed by atoms with Crippen LogP contribution in [0.25, 0.3) is 0 Å². The lowest BCUT2D eigenvalue weighted by Crippen LogP contribution is -2.39. The Labute approximate surface area is 132 Å². The highest BCUT2D eigenvalue weighted by Gasteiger charge is 2.16. The molecule has 0 bridgehead atoms. The van der Waals surface area contributed by atoms with Gasteiger partial charge in [0.25, 0.3) is 5.56 Å². The van der Waals surface area contributed by atoms with E-state index in [-0.39, 0.29) is 5.56 Å². The molecule has 0 aliphatic rings. The molecule has 0 spiro atoms. The summed E-state index contributed by atoms with van der Waals surface area (Å²) in [5, 5.41) is 9.61. The third-order valence-corrected chi connectivity index (χ3v) is 4.66. The second-order valence-corrected chi connectivity index (χ2v) is 6.39. The number of nitrogens with zero attached hydrogens (tertiary/aromatic N) is 3. The van der Waals surface area contributed by atoms with Gasteiger partial charge in [-0.1, -0.05) is 37.7 Å². The van der Waals surface area contributed by atoms with Gasteiger partial charge in [-0.25, -0.2) is 4.79 Å². The summed E-state index contributed by atoms with van der Waals surface area (Å²) in [6, 6.07) is 9.80. The number of benzene rings is 1. The third-order valence-electron chi connectivity index (χ3n) is 3.48. The minimum atomic E-state index is -0.563. The Kier molecular flexibility index (Phi) is 4.57. The van der Waals surface area contributed by atoms with Gasteiger partial charge in [-0.15, -0.1) is 0 Å². The molecule has 1 aromatic carbocycles. The highest BCUT2D eigenvalue weighted by atomic mass is 32.2. The van der Waals surface area contributed by atoms with Crippen molar-refractivity contribution in [2.45, 2.75) is 29.7 Å². The summed E-state index contributed by atoms with van der Waals surface area (Å²) in [5.41, 5.74) is 0.197. The van der Waals surface area contributed by atoms with Crippen LogP contribution in [-0.4, -0.2) is 9.13 Å². The largest absolute Gasteiger partial charge is 0.331 e. The Morgan fingerprint density at radius 3 is 2.18 bits per heavy atom. The van der Waals surface area contributed by atoms with E-state index >= 15 is 0 Å². The monoisotopic (exact) mass is 315 g/mol. The second-order valence-electron chi connectivity index (χ2n) is 5.32. The van der Waals surface area contributed by atoms with Gasteiger partial charge in [0.2, 0.25) is 0 Å². The van der Waals surface area contributed by atoms with Gasteiger partial charge in [-0.05, 0) is 23.6 Å². The molecule has 5 nitrogen and oxygen atoms in total. The number of nitriles is 1. The molecule has 6 heteroatoms. The summed E-state index contributed by atoms with van der Waals surface area (Å²) in [6.07, 6.45) is 0. The number of hydrogen-bond donors (Lipinski definition) is 0. The zero-order valence-electron chi connectivity index (χ0n) is 13.0. The summed E-state index contributed by atoms with van der Waals surface area (Å²) >= 11 is 1.25. The summed E-state index contributed by atoms with van der Waals surface area (Å²) in [6.45, 7) is 4.22. The molecule has 2 aromatic rings. The van der Waals surface area contributed by atoms with E-state index in [1.54, 1.807) is 7.05 Å². The van der Waals surface area contributed by atoms with Crippen LogP contribution >= 0.6 is 11.8 Å². The quantitative estimate of drug-likeness (QED) is 0.815. The maximum absolute atomic E-state index is 12.0. The first kappa shape index (κ1) is 16.1. The molecule has 0 aliphatic carbocycles. The van der Waals surface area contributed by atoms with Crippen molar-refractivity contribution >= 4 is 11.8 Å². The van der Waals surface area contributed by atoms with Crippen molar-refractivity contribution in [3.63, 3.8) is 0 Å². The maximum atomic E-state index is 12.0. The van der Waals surface area contributed by atoms with Crippen LogP contribution in [0.1, 0.15) is 30.9 Å². The van der Waals surface area contributed by atoms with Crippen LogP contribution in [0.4, 0.5) is 0 Å². The molecule has 0 unspecified atom stereocenters. The molecule has 0 saturated carbocycles. The molecule has 0 amide bonds. The predicted octanol–water partition coefficient (Wildman–Crippen LogP) is 2.23. The van der Waals surface area contributed by atoms with E-state index < -0.39 is 11.2 Å². The Balaban J connectivity index is 2.52. The van der Waals surface area contributed by atoms with Gasteiger partial charge < -0.3 is 0 Å². The molecule has 0 saturated heterocycles. The van der Waals surface area contributed by atoms with Crippen LogP contribution in [0, 0.1) is 11.3 Å². The fraction of sp³-hybridized carbons (Fsp3) is 0.312. The Hall–Kier alpha value is -2.26. The third kappa shape index (κ3) is 2.85. The smallest absolute Gasteiger partial charge is 0.290 e. The Bertz CT molecular complexity index is 855. The van der Waals surface area contributed by atoms with Gasteiger partial charge in [0, 0.05) is 19.0 Å². The standard InChI is InChI=1S/C16H17N3O2S/c1-10(2)11-5-7-12(8-6-11)22-15-13(9-17)14(20)18(3)16(21)19(15)4/h5-8,10H,1-4H3. The van der Waals surface area contributed by atoms with Crippen LogP contribution in [-0.2, 0) is 14.1 Å². The molecule has 0 aliphatic heterocycles. The lowest BCUT2D eigenvalue weighted by atomic mass is 10.0. The van der Waals surface area contributed by atoms with Crippen molar-refractivity contribution in [2.75, 3.05) is 0 Å². The molecular formula is C16H17N3O2S. The topological polar surface area (TPSA) is 67.8 Å². The molecule has 1 aromatic heterocycles. The average molecular weight is 315 g/mol. The van der Waals surface area contributed by atoms with Crippen molar-refractivity contribution in [3.8, 4) is 6.07 Å². The van der Waals surface area contributed by atoms with Crippen molar-refractivity contribution in [2.24, 2.45) is 14.1 Å². The van der Waals surface area contributed by atoms with Crippen molar-refractivity contribution < 1.29 is 0 Å². The van der Waals surface area contributed by atoms with Gasteiger partial charge in [0.15, 0.2) is 0 Å². The zero-order chi connectivity index (χ0) is 16.4. The molecule has 2 rings (SSSR count). The molecule has 1 heterocycles. The normalized spacial score (nSPS) is 10.7. The summed E-state index contributed by atoms with van der Waals surface area (Å²) in [5.74, 6) is 0.432. The number of aromatic nitrogens is 2. The van der Waals surface area contributed by atoms with Crippen molar-refractivity contribution in [3.05, 3.63) is 56.2 Å². The van der Waals surface area contributed by atoms with E-state index in [9.17, 15) is 14.9 Å². The summed E-state index contributed by atoms with van der Waals surface area (Å²) < 4.78 is 2.28. The summed E-state index contributed by atoms with van der Waals surface area (Å²) in [4.78, 5) is 24.9. The molecule has 0 atom stereocenters. The first-order chi connectivity index (χ1) is 10.4. The SMILES string of the molecule is CC(C)c1ccc(Sc2c(C#N)c(=O)n(C)c(=O)n2C)cc1. The van der Waals surface area contributed by atoms with E-state index in [1.807, 2.05) is 30.3 Å². The highest BCUT2D eigenvalue weighted by Crippen LogP contribution is 2.29. The average Bonchev–Trinajstić information content (AvgIpc) is 2.51. The van der Waals surface area contributed by atoms with Gasteiger partial charge in [-0.2, -0.15) is 5.26 Å². The highest BCUT2D eigenvalue weighted by molar-refractivity contribution is 7.99.